The number of rotatable bonds is 14. The number of fused-ring (bicyclic) bond motifs is 1. The molecule has 8 nitrogen and oxygen atoms in total. The molecule has 1 amide bonds. The molecule has 0 radical (unpaired) electrons. The van der Waals surface area contributed by atoms with E-state index in [-0.39, 0.29) is 18.7 Å². The number of benzene rings is 5. The number of anilines is 2. The number of carbonyl (C=O) groups excluding carboxylic acids is 2. The average Bonchev–Trinajstić information content (AvgIpc) is 3.08. The van der Waals surface area contributed by atoms with Crippen molar-refractivity contribution in [2.75, 3.05) is 46.1 Å². The van der Waals surface area contributed by atoms with Gasteiger partial charge in [0.25, 0.3) is 5.91 Å². The first-order valence-corrected chi connectivity index (χ1v) is 15.2. The molecule has 0 fully saturated rings. The minimum atomic E-state index is -0.341. The van der Waals surface area contributed by atoms with Crippen LogP contribution in [0, 0.1) is 0 Å². The lowest BCUT2D eigenvalue weighted by Gasteiger charge is -2.18. The molecule has 0 saturated heterocycles. The molecule has 0 atom stereocenters. The lowest BCUT2D eigenvalue weighted by molar-refractivity contribution is -0.00841. The van der Waals surface area contributed by atoms with Crippen molar-refractivity contribution in [2.45, 2.75) is 13.5 Å². The topological polar surface area (TPSA) is 86.3 Å². The number of amides is 1. The number of ether oxygens (including phenoxy) is 4. The van der Waals surface area contributed by atoms with Crippen LogP contribution in [0.4, 0.5) is 11.4 Å². The van der Waals surface area contributed by atoms with E-state index in [1.165, 1.54) is 0 Å². The molecule has 0 unspecified atom stereocenters. The van der Waals surface area contributed by atoms with Gasteiger partial charge in [0, 0.05) is 37.6 Å². The van der Waals surface area contributed by atoms with Crippen molar-refractivity contribution >= 4 is 34.0 Å². The van der Waals surface area contributed by atoms with Gasteiger partial charge in [0.1, 0.15) is 5.75 Å². The Hall–Kier alpha value is -5.18. The number of hydrogen-bond acceptors (Lipinski definition) is 7. The van der Waals surface area contributed by atoms with E-state index in [1.807, 2.05) is 92.0 Å². The summed E-state index contributed by atoms with van der Waals surface area (Å²) in [6.45, 7) is 3.73. The normalized spacial score (nSPS) is 10.8. The predicted octanol–water partition coefficient (Wildman–Crippen LogP) is 7.70. The molecule has 5 rings (SSSR count). The van der Waals surface area contributed by atoms with Gasteiger partial charge in [-0.1, -0.05) is 48.5 Å². The van der Waals surface area contributed by atoms with Gasteiger partial charge in [0.2, 0.25) is 0 Å². The molecule has 46 heavy (non-hydrogen) atoms. The zero-order valence-electron chi connectivity index (χ0n) is 26.3. The fourth-order valence-electron chi connectivity index (χ4n) is 5.02. The predicted molar refractivity (Wildman–Crippen MR) is 181 cm³/mol. The second-order valence-electron chi connectivity index (χ2n) is 10.8. The van der Waals surface area contributed by atoms with Crippen LogP contribution >= 0.6 is 0 Å². The molecule has 0 aliphatic rings. The Morgan fingerprint density at radius 1 is 0.739 bits per heavy atom. The van der Waals surface area contributed by atoms with Crippen molar-refractivity contribution in [1.82, 2.24) is 4.90 Å². The number of hydrogen-bond donors (Lipinski definition) is 1. The van der Waals surface area contributed by atoms with Gasteiger partial charge in [-0.3, -0.25) is 4.79 Å². The van der Waals surface area contributed by atoms with E-state index in [9.17, 15) is 9.59 Å². The molecule has 236 valence electrons. The Kier molecular flexibility index (Phi) is 11.0. The van der Waals surface area contributed by atoms with E-state index in [1.54, 1.807) is 31.1 Å². The number of carbonyl (C=O) groups is 2. The minimum absolute atomic E-state index is 0.0540. The van der Waals surface area contributed by atoms with E-state index in [2.05, 4.69) is 17.4 Å². The van der Waals surface area contributed by atoms with E-state index in [0.29, 0.717) is 43.2 Å². The first-order valence-electron chi connectivity index (χ1n) is 15.2. The Bertz CT molecular complexity index is 1790. The molecule has 0 aliphatic carbocycles. The zero-order chi connectivity index (χ0) is 32.3. The monoisotopic (exact) mass is 618 g/mol. The summed E-state index contributed by atoms with van der Waals surface area (Å²) in [7, 11) is 3.44. The smallest absolute Gasteiger partial charge is 0.338 e. The van der Waals surface area contributed by atoms with E-state index in [0.717, 1.165) is 38.8 Å². The van der Waals surface area contributed by atoms with E-state index >= 15 is 0 Å². The SMILES string of the molecule is CCOC(=O)c1cccc(Nc2ccc(-c3cccc(CN(C)C(=O)c4ccc5cc(OCOCCOC)ccc5c4)c3)cc2)c1. The van der Waals surface area contributed by atoms with Crippen LogP contribution in [0.3, 0.4) is 0 Å². The fraction of sp³-hybridized carbons (Fsp3) is 0.211. The summed E-state index contributed by atoms with van der Waals surface area (Å²) >= 11 is 0. The molecular formula is C38H38N2O6. The van der Waals surface area contributed by atoms with Gasteiger partial charge in [-0.05, 0) is 95.1 Å². The molecule has 5 aromatic carbocycles. The highest BCUT2D eigenvalue weighted by Gasteiger charge is 2.14. The second kappa shape index (κ2) is 15.7. The van der Waals surface area contributed by atoms with Crippen molar-refractivity contribution in [1.29, 1.82) is 0 Å². The third-order valence-corrected chi connectivity index (χ3v) is 7.37. The Morgan fingerprint density at radius 3 is 2.33 bits per heavy atom. The van der Waals surface area contributed by atoms with Gasteiger partial charge < -0.3 is 29.2 Å². The molecule has 5 aromatic rings. The first-order chi connectivity index (χ1) is 22.4. The van der Waals surface area contributed by atoms with Gasteiger partial charge in [-0.15, -0.1) is 0 Å². The third-order valence-electron chi connectivity index (χ3n) is 7.37. The van der Waals surface area contributed by atoms with Crippen LogP contribution in [-0.4, -0.2) is 57.5 Å². The van der Waals surface area contributed by atoms with Crippen molar-refractivity contribution < 1.29 is 28.5 Å². The average molecular weight is 619 g/mol. The quantitative estimate of drug-likeness (QED) is 0.0776. The summed E-state index contributed by atoms with van der Waals surface area (Å²) in [6.07, 6.45) is 0. The summed E-state index contributed by atoms with van der Waals surface area (Å²) in [4.78, 5) is 27.2. The van der Waals surface area contributed by atoms with Crippen LogP contribution in [0.5, 0.6) is 5.75 Å². The fourth-order valence-corrected chi connectivity index (χ4v) is 5.02. The summed E-state index contributed by atoms with van der Waals surface area (Å²) in [5, 5.41) is 5.28. The zero-order valence-corrected chi connectivity index (χ0v) is 26.3. The highest BCUT2D eigenvalue weighted by atomic mass is 16.7. The summed E-state index contributed by atoms with van der Waals surface area (Å²) in [6, 6.07) is 35.0. The molecule has 0 bridgehead atoms. The van der Waals surface area contributed by atoms with Crippen LogP contribution in [0.2, 0.25) is 0 Å². The third kappa shape index (κ3) is 8.50. The molecule has 8 heteroatoms. The standard InChI is InChI=1S/C38H38N2O6/c1-4-45-38(42)33-9-6-10-35(23-33)39-34-16-13-28(14-17-34)29-8-5-7-27(21-29)25-40(2)37(41)32-12-11-31-24-36(18-15-30(31)22-32)46-26-44-20-19-43-3/h5-18,21-24,39H,4,19-20,25-26H2,1-3H3. The number of esters is 1. The van der Waals surface area contributed by atoms with Crippen LogP contribution in [0.25, 0.3) is 21.9 Å². The molecule has 0 aromatic heterocycles. The van der Waals surface area contributed by atoms with Gasteiger partial charge in [0.05, 0.1) is 25.4 Å². The Balaban J connectivity index is 1.20. The molecular weight excluding hydrogens is 580 g/mol. The molecule has 0 saturated carbocycles. The highest BCUT2D eigenvalue weighted by Crippen LogP contribution is 2.26. The Morgan fingerprint density at radius 2 is 1.52 bits per heavy atom. The molecule has 0 spiro atoms. The lowest BCUT2D eigenvalue weighted by Crippen LogP contribution is -2.26. The van der Waals surface area contributed by atoms with Gasteiger partial charge in [0.15, 0.2) is 6.79 Å². The van der Waals surface area contributed by atoms with Crippen LogP contribution in [0.15, 0.2) is 109 Å². The Labute approximate surface area is 269 Å². The van der Waals surface area contributed by atoms with Crippen LogP contribution in [0.1, 0.15) is 33.2 Å². The molecule has 0 aliphatic heterocycles. The van der Waals surface area contributed by atoms with Crippen molar-refractivity contribution in [3.8, 4) is 16.9 Å². The number of methoxy groups -OCH3 is 1. The van der Waals surface area contributed by atoms with Crippen molar-refractivity contribution in [3.05, 3.63) is 126 Å². The van der Waals surface area contributed by atoms with Crippen molar-refractivity contribution in [3.63, 3.8) is 0 Å². The second-order valence-corrected chi connectivity index (χ2v) is 10.8. The minimum Gasteiger partial charge on any atom is -0.468 e. The molecule has 1 N–H and O–H groups in total. The first kappa shape index (κ1) is 32.2. The van der Waals surface area contributed by atoms with Gasteiger partial charge >= 0.3 is 5.97 Å². The maximum Gasteiger partial charge on any atom is 0.338 e. The summed E-state index contributed by atoms with van der Waals surface area (Å²) < 4.78 is 21.1. The lowest BCUT2D eigenvalue weighted by atomic mass is 10.0. The summed E-state index contributed by atoms with van der Waals surface area (Å²) in [5.41, 5.74) is 5.97. The van der Waals surface area contributed by atoms with Crippen molar-refractivity contribution in [2.24, 2.45) is 0 Å². The maximum atomic E-state index is 13.4. The largest absolute Gasteiger partial charge is 0.468 e. The van der Waals surface area contributed by atoms with E-state index < -0.39 is 0 Å². The number of nitrogens with one attached hydrogen (secondary N) is 1. The highest BCUT2D eigenvalue weighted by molar-refractivity contribution is 5.98. The number of nitrogens with zero attached hydrogens (tertiary/aromatic N) is 1. The van der Waals surface area contributed by atoms with Crippen LogP contribution < -0.4 is 10.1 Å². The molecule has 0 heterocycles. The van der Waals surface area contributed by atoms with Gasteiger partial charge in [-0.25, -0.2) is 4.79 Å². The maximum absolute atomic E-state index is 13.4. The van der Waals surface area contributed by atoms with Crippen LogP contribution in [-0.2, 0) is 20.8 Å². The van der Waals surface area contributed by atoms with E-state index in [4.69, 9.17) is 18.9 Å². The summed E-state index contributed by atoms with van der Waals surface area (Å²) in [5.74, 6) is 0.307. The van der Waals surface area contributed by atoms with Gasteiger partial charge in [-0.2, -0.15) is 0 Å².